The molecule has 0 atom stereocenters. The molecule has 0 aliphatic carbocycles. The topological polar surface area (TPSA) is 63.3 Å². The number of hydrogen-bond donors (Lipinski definition) is 2. The number of amides is 1. The van der Waals surface area contributed by atoms with E-state index in [1.807, 2.05) is 19.1 Å². The van der Waals surface area contributed by atoms with Crippen LogP contribution in [-0.4, -0.2) is 11.0 Å². The molecule has 0 heterocycles. The van der Waals surface area contributed by atoms with Crippen LogP contribution in [0.1, 0.15) is 12.5 Å². The van der Waals surface area contributed by atoms with E-state index in [2.05, 4.69) is 5.73 Å². The lowest BCUT2D eigenvalue weighted by molar-refractivity contribution is -0.115. The highest BCUT2D eigenvalue weighted by Crippen LogP contribution is 2.08. The molecule has 3 N–H and O–H groups in total. The second-order valence-electron chi connectivity index (χ2n) is 2.45. The average molecular weight is 167 g/mol. The molecule has 3 nitrogen and oxygen atoms in total. The molecule has 0 aliphatic heterocycles. The van der Waals surface area contributed by atoms with Gasteiger partial charge in [0, 0.05) is 6.92 Å². The number of carbonyl (C=O) groups excluding carboxylic acids is 1. The summed E-state index contributed by atoms with van der Waals surface area (Å²) in [6.07, 6.45) is 0. The van der Waals surface area contributed by atoms with Crippen LogP contribution >= 0.6 is 0 Å². The van der Waals surface area contributed by atoms with Crippen molar-refractivity contribution in [2.45, 2.75) is 13.8 Å². The number of aromatic hydroxyl groups is 1. The molecule has 0 saturated heterocycles. The fraction of sp³-hybridized carbons (Fsp3) is 0.222. The number of aryl methyl sites for hydroxylation is 1. The molecule has 66 valence electrons. The summed E-state index contributed by atoms with van der Waals surface area (Å²) in [6.45, 7) is 3.25. The highest BCUT2D eigenvalue weighted by Gasteiger charge is 1.83. The quantitative estimate of drug-likeness (QED) is 0.609. The number of phenolic OH excluding ortho intramolecular Hbond substituents is 1. The molecular formula is C9H13NO2. The summed E-state index contributed by atoms with van der Waals surface area (Å²) >= 11 is 0. The van der Waals surface area contributed by atoms with Gasteiger partial charge in [-0.25, -0.2) is 0 Å². The van der Waals surface area contributed by atoms with Gasteiger partial charge in [-0.3, -0.25) is 4.79 Å². The van der Waals surface area contributed by atoms with Crippen LogP contribution in [0.5, 0.6) is 5.75 Å². The molecule has 0 fully saturated rings. The number of benzene rings is 1. The third-order valence-corrected chi connectivity index (χ3v) is 1.00. The molecule has 0 spiro atoms. The van der Waals surface area contributed by atoms with Crippen molar-refractivity contribution in [1.82, 2.24) is 0 Å². The normalized spacial score (nSPS) is 8.17. The molecule has 12 heavy (non-hydrogen) atoms. The first-order chi connectivity index (χ1) is 5.52. The maximum Gasteiger partial charge on any atom is 0.214 e. The Morgan fingerprint density at radius 3 is 2.25 bits per heavy atom. The Balaban J connectivity index is 0.000000261. The van der Waals surface area contributed by atoms with Crippen molar-refractivity contribution in [2.24, 2.45) is 5.73 Å². The first-order valence-corrected chi connectivity index (χ1v) is 3.54. The second kappa shape index (κ2) is 5.18. The Kier molecular flexibility index (Phi) is 4.53. The van der Waals surface area contributed by atoms with Gasteiger partial charge in [0.05, 0.1) is 0 Å². The SMILES string of the molecule is CC(N)=O.Cc1cccc(O)c1. The maximum atomic E-state index is 9.22. The van der Waals surface area contributed by atoms with E-state index < -0.39 is 0 Å². The zero-order valence-corrected chi connectivity index (χ0v) is 7.24. The third-order valence-electron chi connectivity index (χ3n) is 1.00. The summed E-state index contributed by atoms with van der Waals surface area (Å²) in [4.78, 5) is 9.22. The van der Waals surface area contributed by atoms with E-state index in [-0.39, 0.29) is 5.91 Å². The monoisotopic (exact) mass is 167 g/mol. The van der Waals surface area contributed by atoms with Crippen molar-refractivity contribution in [2.75, 3.05) is 0 Å². The van der Waals surface area contributed by atoms with E-state index in [1.165, 1.54) is 6.92 Å². The number of nitrogens with two attached hydrogens (primary N) is 1. The fourth-order valence-corrected chi connectivity index (χ4v) is 0.628. The molecule has 0 saturated carbocycles. The predicted molar refractivity (Wildman–Crippen MR) is 47.7 cm³/mol. The minimum absolute atomic E-state index is 0.333. The first-order valence-electron chi connectivity index (χ1n) is 3.54. The predicted octanol–water partition coefficient (Wildman–Crippen LogP) is 1.19. The fourth-order valence-electron chi connectivity index (χ4n) is 0.628. The standard InChI is InChI=1S/C7H8O.C2H5NO/c1-6-3-2-4-7(8)5-6;1-2(3)4/h2-5,8H,1H3;1H3,(H2,3,4). The number of primary amides is 1. The van der Waals surface area contributed by atoms with Gasteiger partial charge in [-0.2, -0.15) is 0 Å². The van der Waals surface area contributed by atoms with Crippen LogP contribution in [0, 0.1) is 6.92 Å². The summed E-state index contributed by atoms with van der Waals surface area (Å²) in [5.41, 5.74) is 5.56. The zero-order valence-electron chi connectivity index (χ0n) is 7.24. The number of phenols is 1. The van der Waals surface area contributed by atoms with Gasteiger partial charge in [-0.1, -0.05) is 12.1 Å². The summed E-state index contributed by atoms with van der Waals surface area (Å²) in [5, 5.41) is 8.81. The molecule has 1 aromatic carbocycles. The lowest BCUT2D eigenvalue weighted by Crippen LogP contribution is -2.01. The molecule has 0 aromatic heterocycles. The maximum absolute atomic E-state index is 9.22. The molecule has 0 radical (unpaired) electrons. The third kappa shape index (κ3) is 6.61. The summed E-state index contributed by atoms with van der Waals surface area (Å²) in [6, 6.07) is 7.15. The van der Waals surface area contributed by atoms with Gasteiger partial charge in [-0.15, -0.1) is 0 Å². The molecule has 0 aliphatic rings. The van der Waals surface area contributed by atoms with Gasteiger partial charge in [0.25, 0.3) is 0 Å². The second-order valence-corrected chi connectivity index (χ2v) is 2.45. The Bertz CT molecular complexity index is 237. The van der Waals surface area contributed by atoms with Gasteiger partial charge in [0.1, 0.15) is 5.75 Å². The molecule has 1 aromatic rings. The van der Waals surface area contributed by atoms with E-state index in [0.29, 0.717) is 5.75 Å². The summed E-state index contributed by atoms with van der Waals surface area (Å²) in [7, 11) is 0. The minimum atomic E-state index is -0.333. The number of rotatable bonds is 0. The van der Waals surface area contributed by atoms with Crippen LogP contribution in [-0.2, 0) is 4.79 Å². The first kappa shape index (κ1) is 10.5. The van der Waals surface area contributed by atoms with E-state index >= 15 is 0 Å². The van der Waals surface area contributed by atoms with E-state index in [0.717, 1.165) is 5.56 Å². The number of hydrogen-bond acceptors (Lipinski definition) is 2. The lowest BCUT2D eigenvalue weighted by atomic mass is 10.2. The smallest absolute Gasteiger partial charge is 0.214 e. The largest absolute Gasteiger partial charge is 0.508 e. The lowest BCUT2D eigenvalue weighted by Gasteiger charge is -1.89. The Morgan fingerprint density at radius 2 is 2.00 bits per heavy atom. The van der Waals surface area contributed by atoms with Crippen LogP contribution in [0.15, 0.2) is 24.3 Å². The molecule has 3 heteroatoms. The summed E-state index contributed by atoms with van der Waals surface area (Å²) in [5.74, 6) is 0.00463. The van der Waals surface area contributed by atoms with Gasteiger partial charge in [0.2, 0.25) is 5.91 Å². The van der Waals surface area contributed by atoms with Gasteiger partial charge >= 0.3 is 0 Å². The molecular weight excluding hydrogens is 154 g/mol. The van der Waals surface area contributed by atoms with Gasteiger partial charge in [0.15, 0.2) is 0 Å². The minimum Gasteiger partial charge on any atom is -0.508 e. The highest BCUT2D eigenvalue weighted by molar-refractivity contribution is 5.70. The molecule has 1 rings (SSSR count). The van der Waals surface area contributed by atoms with Crippen molar-refractivity contribution in [3.8, 4) is 5.75 Å². The Morgan fingerprint density at radius 1 is 1.50 bits per heavy atom. The molecule has 0 unspecified atom stereocenters. The van der Waals surface area contributed by atoms with Crippen LogP contribution < -0.4 is 5.73 Å². The van der Waals surface area contributed by atoms with Crippen LogP contribution in [0.3, 0.4) is 0 Å². The highest BCUT2D eigenvalue weighted by atomic mass is 16.3. The summed E-state index contributed by atoms with van der Waals surface area (Å²) < 4.78 is 0. The molecule has 0 bridgehead atoms. The van der Waals surface area contributed by atoms with Crippen LogP contribution in [0.25, 0.3) is 0 Å². The van der Waals surface area contributed by atoms with Crippen LogP contribution in [0.2, 0.25) is 0 Å². The average Bonchev–Trinajstić information content (AvgIpc) is 1.84. The van der Waals surface area contributed by atoms with E-state index in [9.17, 15) is 4.79 Å². The van der Waals surface area contributed by atoms with E-state index in [4.69, 9.17) is 5.11 Å². The van der Waals surface area contributed by atoms with Crippen molar-refractivity contribution in [3.63, 3.8) is 0 Å². The Hall–Kier alpha value is -1.51. The van der Waals surface area contributed by atoms with Crippen molar-refractivity contribution in [3.05, 3.63) is 29.8 Å². The van der Waals surface area contributed by atoms with Crippen molar-refractivity contribution >= 4 is 5.91 Å². The Labute approximate surface area is 71.8 Å². The van der Waals surface area contributed by atoms with Gasteiger partial charge < -0.3 is 10.8 Å². The number of carbonyl (C=O) groups is 1. The molecule has 1 amide bonds. The van der Waals surface area contributed by atoms with Crippen molar-refractivity contribution in [1.29, 1.82) is 0 Å². The van der Waals surface area contributed by atoms with E-state index in [1.54, 1.807) is 12.1 Å². The van der Waals surface area contributed by atoms with Crippen LogP contribution in [0.4, 0.5) is 0 Å². The van der Waals surface area contributed by atoms with Gasteiger partial charge in [-0.05, 0) is 24.6 Å². The zero-order chi connectivity index (χ0) is 9.56. The van der Waals surface area contributed by atoms with Crippen molar-refractivity contribution < 1.29 is 9.90 Å².